The van der Waals surface area contributed by atoms with Crippen LogP contribution in [-0.4, -0.2) is 19.9 Å². The summed E-state index contributed by atoms with van der Waals surface area (Å²) in [6.07, 6.45) is 8.36. The zero-order valence-electron chi connectivity index (χ0n) is 12.9. The van der Waals surface area contributed by atoms with Crippen LogP contribution in [0.4, 0.5) is 0 Å². The van der Waals surface area contributed by atoms with Crippen molar-refractivity contribution < 1.29 is 0 Å². The van der Waals surface area contributed by atoms with Gasteiger partial charge in [-0.15, -0.1) is 0 Å². The van der Waals surface area contributed by atoms with E-state index in [4.69, 9.17) is 0 Å². The Bertz CT molecular complexity index is 1070. The van der Waals surface area contributed by atoms with E-state index in [-0.39, 0.29) is 0 Å². The summed E-state index contributed by atoms with van der Waals surface area (Å²) in [4.78, 5) is 15.8. The van der Waals surface area contributed by atoms with Crippen LogP contribution in [0.2, 0.25) is 0 Å². The van der Waals surface area contributed by atoms with Gasteiger partial charge in [0.15, 0.2) is 0 Å². The Morgan fingerprint density at radius 2 is 1.38 bits per heavy atom. The van der Waals surface area contributed by atoms with Crippen LogP contribution < -0.4 is 0 Å². The van der Waals surface area contributed by atoms with Crippen molar-refractivity contribution in [3.8, 4) is 0 Å². The second-order valence-corrected chi connectivity index (χ2v) is 5.35. The second-order valence-electron chi connectivity index (χ2n) is 5.35. The first kappa shape index (κ1) is 14.2. The first-order chi connectivity index (χ1) is 11.9. The maximum Gasteiger partial charge on any atom is 0.116 e. The van der Waals surface area contributed by atoms with Crippen LogP contribution in [0.25, 0.3) is 32.4 Å². The third-order valence-electron chi connectivity index (χ3n) is 3.85. The van der Waals surface area contributed by atoms with Crippen molar-refractivity contribution in [1.82, 2.24) is 19.9 Å². The average Bonchev–Trinajstić information content (AvgIpc) is 2.68. The fourth-order valence-corrected chi connectivity index (χ4v) is 2.73. The minimum absolute atomic E-state index is 0.993. The molecule has 2 aromatic heterocycles. The van der Waals surface area contributed by atoms with Gasteiger partial charge in [-0.1, -0.05) is 30.3 Å². The standard InChI is InChI=1S/C16H10N2.C4H4N2/c1-2-4-12-8-14-13(7-11(12)3-1)5-6-16-15(14)9-17-10-18-16;1-2-5-4-6-3-1/h1-10H;1-4H. The van der Waals surface area contributed by atoms with E-state index >= 15 is 0 Å². The molecule has 0 aliphatic carbocycles. The van der Waals surface area contributed by atoms with Gasteiger partial charge in [-0.2, -0.15) is 0 Å². The number of hydrogen-bond donors (Lipinski definition) is 0. The van der Waals surface area contributed by atoms with Gasteiger partial charge in [0.05, 0.1) is 5.52 Å². The predicted octanol–water partition coefficient (Wildman–Crippen LogP) is 4.41. The molecule has 0 amide bonds. The number of fused-ring (bicyclic) bond motifs is 4. The van der Waals surface area contributed by atoms with Crippen LogP contribution in [0, 0.1) is 0 Å². The summed E-state index contributed by atoms with van der Waals surface area (Å²) in [5.74, 6) is 0. The summed E-state index contributed by atoms with van der Waals surface area (Å²) in [6.45, 7) is 0. The van der Waals surface area contributed by atoms with Crippen LogP contribution in [-0.2, 0) is 0 Å². The molecular weight excluding hydrogens is 296 g/mol. The number of aromatic nitrogens is 4. The van der Waals surface area contributed by atoms with E-state index in [1.165, 1.54) is 27.9 Å². The largest absolute Gasteiger partial charge is 0.245 e. The Labute approximate surface area is 138 Å². The van der Waals surface area contributed by atoms with E-state index in [1.54, 1.807) is 24.8 Å². The lowest BCUT2D eigenvalue weighted by Gasteiger charge is -2.05. The highest BCUT2D eigenvalue weighted by Crippen LogP contribution is 2.27. The van der Waals surface area contributed by atoms with Crippen molar-refractivity contribution in [2.24, 2.45) is 0 Å². The van der Waals surface area contributed by atoms with Gasteiger partial charge < -0.3 is 0 Å². The molecule has 0 atom stereocenters. The van der Waals surface area contributed by atoms with Gasteiger partial charge in [-0.25, -0.2) is 19.9 Å². The van der Waals surface area contributed by atoms with Crippen LogP contribution in [0.5, 0.6) is 0 Å². The predicted molar refractivity (Wildman–Crippen MR) is 96.6 cm³/mol. The van der Waals surface area contributed by atoms with E-state index in [1.807, 2.05) is 12.3 Å². The van der Waals surface area contributed by atoms with Gasteiger partial charge in [0.1, 0.15) is 12.7 Å². The molecule has 0 saturated carbocycles. The molecule has 0 radical (unpaired) electrons. The van der Waals surface area contributed by atoms with Crippen molar-refractivity contribution in [3.05, 3.63) is 85.8 Å². The molecular formula is C20H14N4. The van der Waals surface area contributed by atoms with Gasteiger partial charge >= 0.3 is 0 Å². The van der Waals surface area contributed by atoms with Crippen molar-refractivity contribution in [2.75, 3.05) is 0 Å². The Morgan fingerprint density at radius 3 is 2.08 bits per heavy atom. The fraction of sp³-hybridized carbons (Fsp3) is 0. The van der Waals surface area contributed by atoms with Crippen LogP contribution in [0.3, 0.4) is 0 Å². The van der Waals surface area contributed by atoms with Crippen molar-refractivity contribution >= 4 is 32.4 Å². The zero-order valence-corrected chi connectivity index (χ0v) is 12.9. The maximum absolute atomic E-state index is 4.30. The highest BCUT2D eigenvalue weighted by atomic mass is 14.8. The SMILES string of the molecule is c1ccc2cc3c(ccc4ncncc43)cc2c1.c1cncnc1. The Kier molecular flexibility index (Phi) is 3.78. The molecule has 0 saturated heterocycles. The van der Waals surface area contributed by atoms with E-state index in [0.29, 0.717) is 0 Å². The molecule has 24 heavy (non-hydrogen) atoms. The fourth-order valence-electron chi connectivity index (χ4n) is 2.73. The maximum atomic E-state index is 4.30. The molecule has 0 bridgehead atoms. The summed E-state index contributed by atoms with van der Waals surface area (Å²) in [5, 5.41) is 6.08. The molecule has 4 nitrogen and oxygen atoms in total. The normalized spacial score (nSPS) is 10.5. The molecule has 2 heterocycles. The van der Waals surface area contributed by atoms with E-state index < -0.39 is 0 Å². The molecule has 0 spiro atoms. The molecule has 0 N–H and O–H groups in total. The Balaban J connectivity index is 0.000000207. The van der Waals surface area contributed by atoms with Crippen molar-refractivity contribution in [3.63, 3.8) is 0 Å². The minimum Gasteiger partial charge on any atom is -0.245 e. The third-order valence-corrected chi connectivity index (χ3v) is 3.85. The third kappa shape index (κ3) is 2.77. The number of benzene rings is 3. The highest BCUT2D eigenvalue weighted by Gasteiger charge is 2.03. The minimum atomic E-state index is 0.993. The van der Waals surface area contributed by atoms with Gasteiger partial charge in [0.2, 0.25) is 0 Å². The molecule has 0 fully saturated rings. The van der Waals surface area contributed by atoms with Crippen LogP contribution >= 0.6 is 0 Å². The van der Waals surface area contributed by atoms with Gasteiger partial charge in [-0.05, 0) is 45.8 Å². The molecule has 5 rings (SSSR count). The molecule has 5 aromatic rings. The van der Waals surface area contributed by atoms with Crippen LogP contribution in [0.15, 0.2) is 85.8 Å². The monoisotopic (exact) mass is 310 g/mol. The highest BCUT2D eigenvalue weighted by molar-refractivity contribution is 6.10. The van der Waals surface area contributed by atoms with Gasteiger partial charge in [-0.3, -0.25) is 0 Å². The van der Waals surface area contributed by atoms with Gasteiger partial charge in [0, 0.05) is 24.0 Å². The van der Waals surface area contributed by atoms with E-state index in [0.717, 1.165) is 10.9 Å². The molecule has 0 unspecified atom stereocenters. The van der Waals surface area contributed by atoms with E-state index in [9.17, 15) is 0 Å². The summed E-state index contributed by atoms with van der Waals surface area (Å²) < 4.78 is 0. The number of nitrogens with zero attached hydrogens (tertiary/aromatic N) is 4. The topological polar surface area (TPSA) is 51.6 Å². The molecule has 4 heteroatoms. The molecule has 114 valence electrons. The number of rotatable bonds is 0. The summed E-state index contributed by atoms with van der Waals surface area (Å²) in [5.41, 5.74) is 0.993. The second kappa shape index (κ2) is 6.38. The lowest BCUT2D eigenvalue weighted by atomic mass is 10.0. The zero-order chi connectivity index (χ0) is 16.2. The molecule has 0 aliphatic heterocycles. The lowest BCUT2D eigenvalue weighted by molar-refractivity contribution is 1.17. The first-order valence-electron chi connectivity index (χ1n) is 7.63. The lowest BCUT2D eigenvalue weighted by Crippen LogP contribution is -1.83. The van der Waals surface area contributed by atoms with Crippen molar-refractivity contribution in [2.45, 2.75) is 0 Å². The quantitative estimate of drug-likeness (QED) is 0.314. The van der Waals surface area contributed by atoms with Crippen LogP contribution in [0.1, 0.15) is 0 Å². The Hall–Kier alpha value is -3.40. The summed E-state index contributed by atoms with van der Waals surface area (Å²) >= 11 is 0. The van der Waals surface area contributed by atoms with Gasteiger partial charge in [0.25, 0.3) is 0 Å². The average molecular weight is 310 g/mol. The number of hydrogen-bond acceptors (Lipinski definition) is 4. The molecule has 3 aromatic carbocycles. The smallest absolute Gasteiger partial charge is 0.116 e. The summed E-state index contributed by atoms with van der Waals surface area (Å²) in [6, 6.07) is 18.8. The summed E-state index contributed by atoms with van der Waals surface area (Å²) in [7, 11) is 0. The van der Waals surface area contributed by atoms with E-state index in [2.05, 4.69) is 62.4 Å². The Morgan fingerprint density at radius 1 is 0.583 bits per heavy atom. The van der Waals surface area contributed by atoms with Crippen molar-refractivity contribution in [1.29, 1.82) is 0 Å². The molecule has 0 aliphatic rings. The first-order valence-corrected chi connectivity index (χ1v) is 7.63.